The van der Waals surface area contributed by atoms with Crippen molar-refractivity contribution in [2.45, 2.75) is 44.9 Å². The molecular formula is C14H22N2O6. The van der Waals surface area contributed by atoms with Crippen molar-refractivity contribution in [3.8, 4) is 0 Å². The van der Waals surface area contributed by atoms with Gasteiger partial charge in [-0.3, -0.25) is 4.90 Å². The highest BCUT2D eigenvalue weighted by molar-refractivity contribution is 5.81. The average Bonchev–Trinajstić information content (AvgIpc) is 2.78. The minimum atomic E-state index is -1.14. The van der Waals surface area contributed by atoms with Crippen LogP contribution in [0.25, 0.3) is 0 Å². The zero-order valence-corrected chi connectivity index (χ0v) is 13.0. The van der Waals surface area contributed by atoms with Crippen molar-refractivity contribution in [2.24, 2.45) is 0 Å². The molecule has 22 heavy (non-hydrogen) atoms. The number of aliphatic carboxylic acids is 1. The molecule has 2 atom stereocenters. The largest absolute Gasteiger partial charge is 0.480 e. The Hall–Kier alpha value is -2.25. The molecule has 0 bridgehead atoms. The summed E-state index contributed by atoms with van der Waals surface area (Å²) in [6.07, 6.45) is 0.114. The van der Waals surface area contributed by atoms with Gasteiger partial charge in [0.25, 0.3) is 0 Å². The SMILES string of the molecule is C=CCOC(=O)N[C@@H]1C[C@@H](C(=O)O)N(C(=O)OC(C)(C)C)C1. The molecular weight excluding hydrogens is 292 g/mol. The van der Waals surface area contributed by atoms with Crippen LogP contribution in [0.5, 0.6) is 0 Å². The maximum absolute atomic E-state index is 12.1. The van der Waals surface area contributed by atoms with Crippen molar-refractivity contribution >= 4 is 18.2 Å². The van der Waals surface area contributed by atoms with E-state index in [1.807, 2.05) is 0 Å². The van der Waals surface area contributed by atoms with E-state index in [1.54, 1.807) is 20.8 Å². The van der Waals surface area contributed by atoms with Gasteiger partial charge in [-0.25, -0.2) is 14.4 Å². The number of carboxylic acids is 1. The highest BCUT2D eigenvalue weighted by Gasteiger charge is 2.42. The van der Waals surface area contributed by atoms with E-state index in [9.17, 15) is 19.5 Å². The third-order valence-corrected chi connectivity index (χ3v) is 2.87. The summed E-state index contributed by atoms with van der Waals surface area (Å²) in [6, 6.07) is -1.55. The van der Waals surface area contributed by atoms with Crippen molar-refractivity contribution in [3.05, 3.63) is 12.7 Å². The number of carbonyl (C=O) groups excluding carboxylic acids is 2. The fraction of sp³-hybridized carbons (Fsp3) is 0.643. The second-order valence-electron chi connectivity index (χ2n) is 5.95. The second-order valence-corrected chi connectivity index (χ2v) is 5.95. The van der Waals surface area contributed by atoms with Gasteiger partial charge in [-0.2, -0.15) is 0 Å². The Morgan fingerprint density at radius 2 is 2.05 bits per heavy atom. The number of carbonyl (C=O) groups is 3. The lowest BCUT2D eigenvalue weighted by Gasteiger charge is -2.26. The lowest BCUT2D eigenvalue weighted by atomic mass is 10.2. The Bertz CT molecular complexity index is 457. The lowest BCUT2D eigenvalue weighted by molar-refractivity contribution is -0.142. The highest BCUT2D eigenvalue weighted by atomic mass is 16.6. The molecule has 124 valence electrons. The van der Waals surface area contributed by atoms with E-state index in [0.717, 1.165) is 4.90 Å². The number of likely N-dealkylation sites (tertiary alicyclic amines) is 1. The maximum Gasteiger partial charge on any atom is 0.411 e. The molecule has 0 saturated carbocycles. The number of amides is 2. The van der Waals surface area contributed by atoms with Crippen LogP contribution in [-0.2, 0) is 14.3 Å². The maximum atomic E-state index is 12.1. The van der Waals surface area contributed by atoms with Crippen molar-refractivity contribution in [1.82, 2.24) is 10.2 Å². The van der Waals surface area contributed by atoms with Gasteiger partial charge in [0.2, 0.25) is 0 Å². The topological polar surface area (TPSA) is 105 Å². The van der Waals surface area contributed by atoms with Crippen molar-refractivity contribution in [3.63, 3.8) is 0 Å². The molecule has 0 aromatic rings. The summed E-state index contributed by atoms with van der Waals surface area (Å²) < 4.78 is 9.96. The molecule has 8 heteroatoms. The summed E-state index contributed by atoms with van der Waals surface area (Å²) in [5, 5.41) is 11.7. The lowest BCUT2D eigenvalue weighted by Crippen LogP contribution is -2.44. The standard InChI is InChI=1S/C14H22N2O6/c1-5-6-21-12(19)15-9-7-10(11(17)18)16(8-9)13(20)22-14(2,3)4/h5,9-10H,1,6-8H2,2-4H3,(H,15,19)(H,17,18)/t9-,10+/m1/s1. The molecule has 8 nitrogen and oxygen atoms in total. The molecule has 1 aliphatic heterocycles. The number of rotatable bonds is 4. The molecule has 1 heterocycles. The monoisotopic (exact) mass is 314 g/mol. The number of hydrogen-bond acceptors (Lipinski definition) is 5. The zero-order valence-electron chi connectivity index (χ0n) is 13.0. The van der Waals surface area contributed by atoms with Crippen LogP contribution >= 0.6 is 0 Å². The van der Waals surface area contributed by atoms with Crippen LogP contribution in [0.4, 0.5) is 9.59 Å². The predicted octanol–water partition coefficient (Wildman–Crippen LogP) is 1.36. The zero-order chi connectivity index (χ0) is 16.9. The van der Waals surface area contributed by atoms with Gasteiger partial charge in [0, 0.05) is 13.0 Å². The van der Waals surface area contributed by atoms with Crippen molar-refractivity contribution < 1.29 is 29.0 Å². The Morgan fingerprint density at radius 1 is 1.41 bits per heavy atom. The van der Waals surface area contributed by atoms with E-state index in [1.165, 1.54) is 6.08 Å². The van der Waals surface area contributed by atoms with Gasteiger partial charge in [-0.15, -0.1) is 0 Å². The first kappa shape index (κ1) is 17.8. The number of nitrogens with one attached hydrogen (secondary N) is 1. The van der Waals surface area contributed by atoms with Crippen LogP contribution in [0.1, 0.15) is 27.2 Å². The average molecular weight is 314 g/mol. The van der Waals surface area contributed by atoms with Gasteiger partial charge in [0.15, 0.2) is 0 Å². The fourth-order valence-corrected chi connectivity index (χ4v) is 2.04. The number of nitrogens with zero attached hydrogens (tertiary/aromatic N) is 1. The molecule has 0 aromatic heterocycles. The molecule has 1 fully saturated rings. The molecule has 1 saturated heterocycles. The summed E-state index contributed by atoms with van der Waals surface area (Å²) in [7, 11) is 0. The summed E-state index contributed by atoms with van der Waals surface area (Å²) in [5.41, 5.74) is -0.728. The van der Waals surface area contributed by atoms with Gasteiger partial charge in [-0.1, -0.05) is 12.7 Å². The van der Waals surface area contributed by atoms with E-state index in [-0.39, 0.29) is 19.6 Å². The molecule has 1 rings (SSSR count). The van der Waals surface area contributed by atoms with E-state index < -0.39 is 35.8 Å². The van der Waals surface area contributed by atoms with Crippen LogP contribution in [0.3, 0.4) is 0 Å². The van der Waals surface area contributed by atoms with Crippen LogP contribution in [0.15, 0.2) is 12.7 Å². The third kappa shape index (κ3) is 5.27. The number of carboxylic acid groups (broad SMARTS) is 1. The van der Waals surface area contributed by atoms with E-state index >= 15 is 0 Å². The molecule has 2 amide bonds. The smallest absolute Gasteiger partial charge is 0.411 e. The number of ether oxygens (including phenoxy) is 2. The van der Waals surface area contributed by atoms with Crippen molar-refractivity contribution in [2.75, 3.05) is 13.2 Å². The van der Waals surface area contributed by atoms with Gasteiger partial charge in [-0.05, 0) is 20.8 Å². The van der Waals surface area contributed by atoms with Crippen LogP contribution in [0, 0.1) is 0 Å². The minimum absolute atomic E-state index is 0.0507. The fourth-order valence-electron chi connectivity index (χ4n) is 2.04. The first-order valence-corrected chi connectivity index (χ1v) is 6.90. The summed E-state index contributed by atoms with van der Waals surface area (Å²) in [6.45, 7) is 8.60. The van der Waals surface area contributed by atoms with E-state index in [2.05, 4.69) is 11.9 Å². The van der Waals surface area contributed by atoms with E-state index in [4.69, 9.17) is 9.47 Å². The van der Waals surface area contributed by atoms with Gasteiger partial charge in [0.1, 0.15) is 18.2 Å². The van der Waals surface area contributed by atoms with Gasteiger partial charge < -0.3 is 19.9 Å². The number of alkyl carbamates (subject to hydrolysis) is 1. The van der Waals surface area contributed by atoms with Gasteiger partial charge >= 0.3 is 18.2 Å². The Morgan fingerprint density at radius 3 is 2.55 bits per heavy atom. The summed E-state index contributed by atoms with van der Waals surface area (Å²) >= 11 is 0. The number of hydrogen-bond donors (Lipinski definition) is 2. The Balaban J connectivity index is 2.69. The first-order chi connectivity index (χ1) is 10.1. The second kappa shape index (κ2) is 7.15. The Kier molecular flexibility index (Phi) is 5.78. The summed E-state index contributed by atoms with van der Waals surface area (Å²) in [4.78, 5) is 35.9. The normalized spacial score (nSPS) is 21.1. The Labute approximate surface area is 129 Å². The first-order valence-electron chi connectivity index (χ1n) is 6.90. The highest BCUT2D eigenvalue weighted by Crippen LogP contribution is 2.21. The molecule has 0 radical (unpaired) electrons. The molecule has 0 unspecified atom stereocenters. The molecule has 2 N–H and O–H groups in total. The third-order valence-electron chi connectivity index (χ3n) is 2.87. The molecule has 0 spiro atoms. The van der Waals surface area contributed by atoms with Crippen LogP contribution in [0.2, 0.25) is 0 Å². The van der Waals surface area contributed by atoms with Crippen LogP contribution in [-0.4, -0.2) is 59.0 Å². The molecule has 0 aliphatic carbocycles. The quantitative estimate of drug-likeness (QED) is 0.759. The molecule has 1 aliphatic rings. The molecule has 0 aromatic carbocycles. The summed E-state index contributed by atoms with van der Waals surface area (Å²) in [5.74, 6) is -1.14. The van der Waals surface area contributed by atoms with Crippen LogP contribution < -0.4 is 5.32 Å². The van der Waals surface area contributed by atoms with Crippen molar-refractivity contribution in [1.29, 1.82) is 0 Å². The predicted molar refractivity (Wildman–Crippen MR) is 77.4 cm³/mol. The van der Waals surface area contributed by atoms with Gasteiger partial charge in [0.05, 0.1) is 6.04 Å². The minimum Gasteiger partial charge on any atom is -0.480 e. The van der Waals surface area contributed by atoms with E-state index in [0.29, 0.717) is 0 Å².